The number of carbonyl (C=O) groups is 2. The van der Waals surface area contributed by atoms with E-state index in [-0.39, 0.29) is 22.2 Å². The van der Waals surface area contributed by atoms with Gasteiger partial charge in [0.25, 0.3) is 5.91 Å². The van der Waals surface area contributed by atoms with Gasteiger partial charge in [-0.2, -0.15) is 5.10 Å². The van der Waals surface area contributed by atoms with E-state index in [0.717, 1.165) is 25.9 Å². The third kappa shape index (κ3) is 4.34. The second-order valence-electron chi connectivity index (χ2n) is 7.46. The van der Waals surface area contributed by atoms with Crippen molar-refractivity contribution in [2.75, 3.05) is 13.1 Å². The number of benzene rings is 2. The molecule has 2 aromatic carbocycles. The Morgan fingerprint density at radius 2 is 1.69 bits per heavy atom. The topological polar surface area (TPSA) is 87.5 Å². The Morgan fingerprint density at radius 3 is 2.34 bits per heavy atom. The van der Waals surface area contributed by atoms with Gasteiger partial charge in [-0.1, -0.05) is 40.9 Å². The minimum atomic E-state index is -1.15. The fraction of sp³-hybridized carbons (Fsp3) is 0.227. The van der Waals surface area contributed by atoms with Gasteiger partial charge in [-0.05, 0) is 50.1 Å². The van der Waals surface area contributed by atoms with E-state index in [9.17, 15) is 14.7 Å². The number of carbonyl (C=O) groups excluding carboxylic acids is 1. The van der Waals surface area contributed by atoms with Crippen LogP contribution in [0.5, 0.6) is 0 Å². The molecule has 0 bridgehead atoms. The number of hydrazine groups is 1. The van der Waals surface area contributed by atoms with Crippen molar-refractivity contribution in [1.29, 1.82) is 0 Å². The Labute approximate surface area is 199 Å². The van der Waals surface area contributed by atoms with Crippen molar-refractivity contribution >= 4 is 46.7 Å². The second-order valence-corrected chi connectivity index (χ2v) is 8.74. The molecule has 0 aliphatic carbocycles. The first-order valence-electron chi connectivity index (χ1n) is 9.90. The Balaban J connectivity index is 1.92. The zero-order valence-electron chi connectivity index (χ0n) is 17.0. The molecule has 7 nitrogen and oxygen atoms in total. The number of nitrogens with one attached hydrogen (secondary N) is 1. The first kappa shape index (κ1) is 22.6. The molecule has 166 valence electrons. The summed E-state index contributed by atoms with van der Waals surface area (Å²) in [6.07, 6.45) is 2.01. The molecule has 0 unspecified atom stereocenters. The number of halogens is 3. The fourth-order valence-electron chi connectivity index (χ4n) is 3.78. The normalized spacial score (nSPS) is 14.0. The highest BCUT2D eigenvalue weighted by Gasteiger charge is 2.27. The van der Waals surface area contributed by atoms with Crippen LogP contribution in [0.2, 0.25) is 15.1 Å². The van der Waals surface area contributed by atoms with Crippen molar-refractivity contribution in [3.8, 4) is 16.9 Å². The standard InChI is InChI=1S/C22H19Cl3N4O3/c1-12-19(21(30)27-28-8-2-3-9-28)26-29(18-7-5-14(24)11-17(18)25)20(12)15-6-4-13(23)10-16(15)22(31)32/h4-7,10-11H,2-3,8-9H2,1H3,(H,27,30)(H,31,32). The van der Waals surface area contributed by atoms with E-state index in [2.05, 4.69) is 10.5 Å². The molecule has 2 heterocycles. The molecule has 32 heavy (non-hydrogen) atoms. The minimum absolute atomic E-state index is 0.0154. The van der Waals surface area contributed by atoms with Gasteiger partial charge in [-0.25, -0.2) is 14.5 Å². The highest BCUT2D eigenvalue weighted by atomic mass is 35.5. The molecule has 3 aromatic rings. The lowest BCUT2D eigenvalue weighted by atomic mass is 10.0. The summed E-state index contributed by atoms with van der Waals surface area (Å²) in [7, 11) is 0. The number of aromatic carboxylic acids is 1. The van der Waals surface area contributed by atoms with E-state index in [4.69, 9.17) is 34.8 Å². The van der Waals surface area contributed by atoms with Crippen LogP contribution in [0.4, 0.5) is 0 Å². The van der Waals surface area contributed by atoms with Gasteiger partial charge < -0.3 is 5.11 Å². The number of nitrogens with zero attached hydrogens (tertiary/aromatic N) is 3. The van der Waals surface area contributed by atoms with Gasteiger partial charge in [-0.15, -0.1) is 0 Å². The minimum Gasteiger partial charge on any atom is -0.478 e. The van der Waals surface area contributed by atoms with Crippen molar-refractivity contribution in [3.05, 3.63) is 68.3 Å². The highest BCUT2D eigenvalue weighted by molar-refractivity contribution is 6.35. The summed E-state index contributed by atoms with van der Waals surface area (Å²) in [4.78, 5) is 25.0. The average molecular weight is 494 g/mol. The van der Waals surface area contributed by atoms with Crippen molar-refractivity contribution < 1.29 is 14.7 Å². The molecule has 1 saturated heterocycles. The zero-order chi connectivity index (χ0) is 23.0. The van der Waals surface area contributed by atoms with Gasteiger partial charge in [0.1, 0.15) is 0 Å². The van der Waals surface area contributed by atoms with Crippen molar-refractivity contribution in [1.82, 2.24) is 20.2 Å². The van der Waals surface area contributed by atoms with E-state index < -0.39 is 5.97 Å². The third-order valence-corrected chi connectivity index (χ3v) is 6.08. The number of hydrogen-bond donors (Lipinski definition) is 2. The maximum absolute atomic E-state index is 13.0. The quantitative estimate of drug-likeness (QED) is 0.507. The van der Waals surface area contributed by atoms with Crippen molar-refractivity contribution in [3.63, 3.8) is 0 Å². The number of hydrogen-bond acceptors (Lipinski definition) is 4. The molecule has 10 heteroatoms. The summed E-state index contributed by atoms with van der Waals surface area (Å²) in [5, 5.41) is 17.2. The third-order valence-electron chi connectivity index (χ3n) is 5.31. The van der Waals surface area contributed by atoms with Gasteiger partial charge in [-0.3, -0.25) is 10.2 Å². The molecule has 0 atom stereocenters. The smallest absolute Gasteiger partial charge is 0.336 e. The van der Waals surface area contributed by atoms with Crippen LogP contribution >= 0.6 is 34.8 Å². The van der Waals surface area contributed by atoms with E-state index in [1.807, 2.05) is 5.01 Å². The van der Waals surface area contributed by atoms with E-state index in [1.165, 1.54) is 10.7 Å². The SMILES string of the molecule is Cc1c(C(=O)NN2CCCC2)nn(-c2ccc(Cl)cc2Cl)c1-c1ccc(Cl)cc1C(=O)O. The monoisotopic (exact) mass is 492 g/mol. The predicted molar refractivity (Wildman–Crippen MR) is 124 cm³/mol. The summed E-state index contributed by atoms with van der Waals surface area (Å²) in [5.41, 5.74) is 4.79. The van der Waals surface area contributed by atoms with Gasteiger partial charge in [0, 0.05) is 34.3 Å². The molecule has 2 N–H and O–H groups in total. The molecule has 0 spiro atoms. The Hall–Kier alpha value is -2.58. The van der Waals surface area contributed by atoms with Crippen LogP contribution < -0.4 is 5.43 Å². The summed E-state index contributed by atoms with van der Waals surface area (Å²) in [6.45, 7) is 3.26. The molecule has 4 rings (SSSR count). The van der Waals surface area contributed by atoms with Crippen LogP contribution in [0, 0.1) is 6.92 Å². The Kier molecular flexibility index (Phi) is 6.44. The number of carboxylic acid groups (broad SMARTS) is 1. The largest absolute Gasteiger partial charge is 0.478 e. The zero-order valence-corrected chi connectivity index (χ0v) is 19.3. The molecule has 1 aromatic heterocycles. The summed E-state index contributed by atoms with van der Waals surface area (Å²) >= 11 is 18.5. The summed E-state index contributed by atoms with van der Waals surface area (Å²) < 4.78 is 1.47. The fourth-order valence-corrected chi connectivity index (χ4v) is 4.44. The maximum atomic E-state index is 13.0. The highest BCUT2D eigenvalue weighted by Crippen LogP contribution is 2.35. The van der Waals surface area contributed by atoms with Gasteiger partial charge in [0.2, 0.25) is 0 Å². The average Bonchev–Trinajstić information content (AvgIpc) is 3.36. The van der Waals surface area contributed by atoms with Crippen LogP contribution in [0.25, 0.3) is 16.9 Å². The van der Waals surface area contributed by atoms with Crippen molar-refractivity contribution in [2.45, 2.75) is 19.8 Å². The molecule has 0 radical (unpaired) electrons. The van der Waals surface area contributed by atoms with Crippen LogP contribution in [0.1, 0.15) is 39.3 Å². The van der Waals surface area contributed by atoms with Crippen LogP contribution in [-0.4, -0.2) is 44.9 Å². The van der Waals surface area contributed by atoms with Crippen LogP contribution in [0.15, 0.2) is 36.4 Å². The van der Waals surface area contributed by atoms with E-state index in [1.54, 1.807) is 37.3 Å². The Bertz CT molecular complexity index is 1220. The van der Waals surface area contributed by atoms with Crippen LogP contribution in [-0.2, 0) is 0 Å². The second kappa shape index (κ2) is 9.11. The first-order valence-corrected chi connectivity index (χ1v) is 11.0. The number of aromatic nitrogens is 2. The lowest BCUT2D eigenvalue weighted by Gasteiger charge is -2.15. The van der Waals surface area contributed by atoms with Crippen LogP contribution in [0.3, 0.4) is 0 Å². The molecule has 1 aliphatic heterocycles. The first-order chi connectivity index (χ1) is 15.3. The molecule has 1 amide bonds. The number of rotatable bonds is 5. The molecule has 1 aliphatic rings. The van der Waals surface area contributed by atoms with Crippen molar-refractivity contribution in [2.24, 2.45) is 0 Å². The number of carboxylic acids is 1. The molecular formula is C22H19Cl3N4O3. The molecule has 0 saturated carbocycles. The maximum Gasteiger partial charge on any atom is 0.336 e. The predicted octanol–water partition coefficient (Wildman–Crippen LogP) is 5.25. The lowest BCUT2D eigenvalue weighted by Crippen LogP contribution is -2.40. The summed E-state index contributed by atoms with van der Waals surface area (Å²) in [5.74, 6) is -1.53. The summed E-state index contributed by atoms with van der Waals surface area (Å²) in [6, 6.07) is 9.42. The number of amides is 1. The lowest BCUT2D eigenvalue weighted by molar-refractivity contribution is 0.0697. The van der Waals surface area contributed by atoms with Gasteiger partial charge >= 0.3 is 5.97 Å². The van der Waals surface area contributed by atoms with Gasteiger partial charge in [0.15, 0.2) is 5.69 Å². The molecular weight excluding hydrogens is 475 g/mol. The Morgan fingerprint density at radius 1 is 1.03 bits per heavy atom. The van der Waals surface area contributed by atoms with E-state index in [0.29, 0.717) is 32.6 Å². The molecule has 1 fully saturated rings. The van der Waals surface area contributed by atoms with E-state index >= 15 is 0 Å². The van der Waals surface area contributed by atoms with Gasteiger partial charge in [0.05, 0.1) is 22.0 Å².